The molecule has 0 aromatic carbocycles. The number of rotatable bonds is 5. The van der Waals surface area contributed by atoms with Crippen molar-refractivity contribution in [2.75, 3.05) is 0 Å². The number of aliphatic hydroxyl groups excluding tert-OH is 1. The Morgan fingerprint density at radius 1 is 0.968 bits per heavy atom. The maximum absolute atomic E-state index is 10.6. The van der Waals surface area contributed by atoms with E-state index in [0.717, 1.165) is 36.0 Å². The highest BCUT2D eigenvalue weighted by Gasteiger charge is 2.64. The molecule has 0 aliphatic heterocycles. The Labute approximate surface area is 193 Å². The van der Waals surface area contributed by atoms with Gasteiger partial charge in [0.25, 0.3) is 0 Å². The smallest absolute Gasteiger partial charge is 0.0568 e. The zero-order valence-corrected chi connectivity index (χ0v) is 22.0. The monoisotopic (exact) mass is 428 g/mol. The van der Waals surface area contributed by atoms with Crippen LogP contribution in [0.5, 0.6) is 0 Å². The molecule has 0 aromatic rings. The molecule has 4 aliphatic carbocycles. The molecule has 0 aromatic heterocycles. The minimum atomic E-state index is -0.0811. The van der Waals surface area contributed by atoms with Crippen molar-refractivity contribution in [1.82, 2.24) is 0 Å². The standard InChI is InChI=1S/C30H52O/c1-19(2)20(3)9-10-21(4)23-13-17-30(8)26-12-11-24-22(5)27(31)15-16-28(24,6)25(26)14-18-29(23,30)7/h12,19-25,27,31H,9-11,13-18H2,1-8H3/t20-,21+,22-,23+,24-,25-,27-,28-,29+,30-/m0/s1. The van der Waals surface area contributed by atoms with Crippen LogP contribution in [0.25, 0.3) is 0 Å². The molecule has 0 spiro atoms. The van der Waals surface area contributed by atoms with Crippen LogP contribution in [-0.4, -0.2) is 11.2 Å². The van der Waals surface area contributed by atoms with E-state index in [9.17, 15) is 5.11 Å². The Morgan fingerprint density at radius 3 is 2.35 bits per heavy atom. The number of hydrogen-bond acceptors (Lipinski definition) is 1. The van der Waals surface area contributed by atoms with Crippen LogP contribution in [0, 0.1) is 57.7 Å². The van der Waals surface area contributed by atoms with Crippen molar-refractivity contribution in [3.05, 3.63) is 11.6 Å². The average Bonchev–Trinajstić information content (AvgIpc) is 3.00. The number of fused-ring (bicyclic) bond motifs is 5. The molecule has 3 saturated carbocycles. The van der Waals surface area contributed by atoms with Crippen LogP contribution in [0.4, 0.5) is 0 Å². The van der Waals surface area contributed by atoms with Crippen molar-refractivity contribution in [3.63, 3.8) is 0 Å². The molecule has 4 rings (SSSR count). The van der Waals surface area contributed by atoms with Gasteiger partial charge in [-0.2, -0.15) is 0 Å². The molecular formula is C30H52O. The summed E-state index contributed by atoms with van der Waals surface area (Å²) in [5.41, 5.74) is 3.13. The van der Waals surface area contributed by atoms with Gasteiger partial charge in [0.05, 0.1) is 6.10 Å². The Hall–Kier alpha value is -0.300. The fourth-order valence-corrected chi connectivity index (χ4v) is 9.35. The third-order valence-corrected chi connectivity index (χ3v) is 12.4. The SMILES string of the molecule is CC(C)[C@@H](C)CC[C@@H](C)[C@H]1CC[C@@]2(C)C3=CC[C@H]4[C@H](C)[C@@H](O)CC[C@]4(C)[C@H]3CC[C@]12C. The summed E-state index contributed by atoms with van der Waals surface area (Å²) >= 11 is 0. The summed E-state index contributed by atoms with van der Waals surface area (Å²) in [7, 11) is 0. The third kappa shape index (κ3) is 3.50. The zero-order valence-electron chi connectivity index (χ0n) is 22.0. The minimum absolute atomic E-state index is 0.0811. The van der Waals surface area contributed by atoms with Gasteiger partial charge in [-0.05, 0) is 103 Å². The fourth-order valence-electron chi connectivity index (χ4n) is 9.35. The van der Waals surface area contributed by atoms with Crippen LogP contribution in [0.3, 0.4) is 0 Å². The van der Waals surface area contributed by atoms with E-state index >= 15 is 0 Å². The van der Waals surface area contributed by atoms with Crippen molar-refractivity contribution >= 4 is 0 Å². The van der Waals surface area contributed by atoms with Crippen LogP contribution < -0.4 is 0 Å². The first-order chi connectivity index (χ1) is 14.5. The predicted molar refractivity (Wildman–Crippen MR) is 133 cm³/mol. The molecular weight excluding hydrogens is 376 g/mol. The van der Waals surface area contributed by atoms with Crippen LogP contribution in [0.1, 0.15) is 113 Å². The molecule has 0 radical (unpaired) electrons. The van der Waals surface area contributed by atoms with E-state index in [1.165, 1.54) is 51.4 Å². The summed E-state index contributed by atoms with van der Waals surface area (Å²) in [6.45, 7) is 20.1. The first-order valence-corrected chi connectivity index (χ1v) is 13.8. The Morgan fingerprint density at radius 2 is 1.68 bits per heavy atom. The van der Waals surface area contributed by atoms with Gasteiger partial charge in [-0.25, -0.2) is 0 Å². The molecule has 10 atom stereocenters. The highest BCUT2D eigenvalue weighted by Crippen LogP contribution is 2.72. The van der Waals surface area contributed by atoms with Gasteiger partial charge in [-0.3, -0.25) is 0 Å². The lowest BCUT2D eigenvalue weighted by atomic mass is 9.42. The van der Waals surface area contributed by atoms with E-state index in [4.69, 9.17) is 0 Å². The van der Waals surface area contributed by atoms with Crippen LogP contribution in [0.2, 0.25) is 0 Å². The molecule has 0 bridgehead atoms. The van der Waals surface area contributed by atoms with Crippen molar-refractivity contribution in [3.8, 4) is 0 Å². The van der Waals surface area contributed by atoms with Gasteiger partial charge in [-0.15, -0.1) is 0 Å². The summed E-state index contributed by atoms with van der Waals surface area (Å²) in [6.07, 6.45) is 14.5. The van der Waals surface area contributed by atoms with Crippen molar-refractivity contribution < 1.29 is 5.11 Å². The zero-order chi connectivity index (χ0) is 22.8. The van der Waals surface area contributed by atoms with Gasteiger partial charge < -0.3 is 5.11 Å². The maximum atomic E-state index is 10.6. The summed E-state index contributed by atoms with van der Waals surface area (Å²) in [5.74, 6) is 5.28. The van der Waals surface area contributed by atoms with Gasteiger partial charge in [-0.1, -0.05) is 79.9 Å². The van der Waals surface area contributed by atoms with E-state index in [1.807, 2.05) is 5.57 Å². The maximum Gasteiger partial charge on any atom is 0.0568 e. The van der Waals surface area contributed by atoms with Gasteiger partial charge in [0, 0.05) is 0 Å². The van der Waals surface area contributed by atoms with Crippen LogP contribution in [-0.2, 0) is 0 Å². The highest BCUT2D eigenvalue weighted by molar-refractivity contribution is 5.32. The molecule has 0 heterocycles. The summed E-state index contributed by atoms with van der Waals surface area (Å²) in [6, 6.07) is 0. The summed E-state index contributed by atoms with van der Waals surface area (Å²) in [4.78, 5) is 0. The van der Waals surface area contributed by atoms with E-state index in [0.29, 0.717) is 28.1 Å². The lowest BCUT2D eigenvalue weighted by Gasteiger charge is -2.62. The lowest BCUT2D eigenvalue weighted by Crippen LogP contribution is -2.55. The molecule has 1 nitrogen and oxygen atoms in total. The van der Waals surface area contributed by atoms with Gasteiger partial charge in [0.2, 0.25) is 0 Å². The Kier molecular flexibility index (Phi) is 6.29. The van der Waals surface area contributed by atoms with E-state index < -0.39 is 0 Å². The number of aliphatic hydroxyl groups is 1. The quantitative estimate of drug-likeness (QED) is 0.437. The van der Waals surface area contributed by atoms with Gasteiger partial charge in [0.15, 0.2) is 0 Å². The van der Waals surface area contributed by atoms with E-state index in [-0.39, 0.29) is 6.10 Å². The van der Waals surface area contributed by atoms with Gasteiger partial charge in [0.1, 0.15) is 0 Å². The average molecular weight is 429 g/mol. The molecule has 178 valence electrons. The van der Waals surface area contributed by atoms with Crippen LogP contribution in [0.15, 0.2) is 11.6 Å². The predicted octanol–water partition coefficient (Wildman–Crippen LogP) is 8.27. The molecule has 0 saturated heterocycles. The lowest BCUT2D eigenvalue weighted by molar-refractivity contribution is -0.0897. The van der Waals surface area contributed by atoms with Crippen LogP contribution >= 0.6 is 0 Å². The molecule has 3 fully saturated rings. The van der Waals surface area contributed by atoms with E-state index in [2.05, 4.69) is 61.5 Å². The number of hydrogen-bond donors (Lipinski definition) is 1. The van der Waals surface area contributed by atoms with Crippen molar-refractivity contribution in [2.45, 2.75) is 119 Å². The fraction of sp³-hybridized carbons (Fsp3) is 0.933. The summed E-state index contributed by atoms with van der Waals surface area (Å²) in [5, 5.41) is 10.6. The minimum Gasteiger partial charge on any atom is -0.393 e. The second-order valence-corrected chi connectivity index (χ2v) is 13.7. The highest BCUT2D eigenvalue weighted by atomic mass is 16.3. The molecule has 4 aliphatic rings. The first kappa shape index (κ1) is 23.8. The van der Waals surface area contributed by atoms with Gasteiger partial charge >= 0.3 is 0 Å². The third-order valence-electron chi connectivity index (χ3n) is 12.4. The number of allylic oxidation sites excluding steroid dienone is 2. The molecule has 31 heavy (non-hydrogen) atoms. The summed E-state index contributed by atoms with van der Waals surface area (Å²) < 4.78 is 0. The molecule has 0 amide bonds. The first-order valence-electron chi connectivity index (χ1n) is 13.8. The van der Waals surface area contributed by atoms with Crippen molar-refractivity contribution in [2.24, 2.45) is 57.7 Å². The van der Waals surface area contributed by atoms with E-state index in [1.54, 1.807) is 0 Å². The van der Waals surface area contributed by atoms with Crippen molar-refractivity contribution in [1.29, 1.82) is 0 Å². The molecule has 1 heteroatoms. The topological polar surface area (TPSA) is 20.2 Å². The largest absolute Gasteiger partial charge is 0.393 e. The second kappa shape index (κ2) is 8.18. The Bertz CT molecular complexity index is 693. The normalized spacial score (nSPS) is 49.1. The molecule has 1 N–H and O–H groups in total. The second-order valence-electron chi connectivity index (χ2n) is 13.7. The Balaban J connectivity index is 1.57. The molecule has 0 unspecified atom stereocenters.